The summed E-state index contributed by atoms with van der Waals surface area (Å²) in [6.07, 6.45) is 1.47. The zero-order valence-electron chi connectivity index (χ0n) is 15.4. The topological polar surface area (TPSA) is 49.4 Å². The Morgan fingerprint density at radius 3 is 2.44 bits per heavy atom. The third-order valence-electron chi connectivity index (χ3n) is 5.14. The number of nitrogens with zero attached hydrogens (tertiary/aromatic N) is 1. The molecule has 0 bridgehead atoms. The molecule has 2 aromatic carbocycles. The second-order valence-corrected chi connectivity index (χ2v) is 7.97. The molecule has 1 saturated heterocycles. The largest absolute Gasteiger partial charge is 0.328 e. The number of aryl methyl sites for hydroxylation is 2. The fourth-order valence-corrected chi connectivity index (χ4v) is 3.70. The van der Waals surface area contributed by atoms with Crippen molar-refractivity contribution >= 4 is 40.7 Å². The van der Waals surface area contributed by atoms with Crippen LogP contribution in [-0.4, -0.2) is 28.8 Å². The SMILES string of the molecule is Cc1ccc(NC(=O)C2(C)CCN2C(=O)CCc2ccc(Cl)cc2Cl)cc1. The molecular weight excluding hydrogens is 383 g/mol. The van der Waals surface area contributed by atoms with Gasteiger partial charge in [0.2, 0.25) is 11.8 Å². The zero-order chi connectivity index (χ0) is 19.6. The van der Waals surface area contributed by atoms with Crippen LogP contribution in [0.4, 0.5) is 5.69 Å². The van der Waals surface area contributed by atoms with Crippen LogP contribution in [0.3, 0.4) is 0 Å². The highest BCUT2D eigenvalue weighted by Gasteiger charge is 2.49. The van der Waals surface area contributed by atoms with Gasteiger partial charge in [0.1, 0.15) is 5.54 Å². The van der Waals surface area contributed by atoms with Gasteiger partial charge < -0.3 is 10.2 Å². The standard InChI is InChI=1S/C21H22Cl2N2O2/c1-14-3-8-17(9-4-14)24-20(27)21(2)11-12-25(21)19(26)10-6-15-5-7-16(22)13-18(15)23/h3-5,7-9,13H,6,10-12H2,1-2H3,(H,24,27). The smallest absolute Gasteiger partial charge is 0.250 e. The van der Waals surface area contributed by atoms with Gasteiger partial charge in [-0.3, -0.25) is 9.59 Å². The highest BCUT2D eigenvalue weighted by atomic mass is 35.5. The van der Waals surface area contributed by atoms with E-state index in [-0.39, 0.29) is 11.8 Å². The predicted molar refractivity (Wildman–Crippen MR) is 109 cm³/mol. The summed E-state index contributed by atoms with van der Waals surface area (Å²) < 4.78 is 0. The minimum Gasteiger partial charge on any atom is -0.328 e. The van der Waals surface area contributed by atoms with Crippen molar-refractivity contribution in [1.29, 1.82) is 0 Å². The molecule has 4 nitrogen and oxygen atoms in total. The van der Waals surface area contributed by atoms with E-state index in [2.05, 4.69) is 5.32 Å². The van der Waals surface area contributed by atoms with Gasteiger partial charge in [-0.25, -0.2) is 0 Å². The van der Waals surface area contributed by atoms with Crippen LogP contribution in [0.5, 0.6) is 0 Å². The van der Waals surface area contributed by atoms with Crippen molar-refractivity contribution in [2.24, 2.45) is 0 Å². The molecule has 2 amide bonds. The predicted octanol–water partition coefficient (Wildman–Crippen LogP) is 4.86. The molecule has 1 atom stereocenters. The Bertz CT molecular complexity index is 867. The number of benzene rings is 2. The lowest BCUT2D eigenvalue weighted by Crippen LogP contribution is -2.66. The first-order valence-corrected chi connectivity index (χ1v) is 9.68. The molecule has 1 fully saturated rings. The number of halogens is 2. The van der Waals surface area contributed by atoms with E-state index in [1.54, 1.807) is 17.0 Å². The Labute approximate surface area is 169 Å². The summed E-state index contributed by atoms with van der Waals surface area (Å²) in [7, 11) is 0. The number of amides is 2. The summed E-state index contributed by atoms with van der Waals surface area (Å²) in [5.74, 6) is -0.204. The molecule has 0 aromatic heterocycles. The Balaban J connectivity index is 1.61. The molecule has 2 aromatic rings. The van der Waals surface area contributed by atoms with Crippen LogP contribution in [0.1, 0.15) is 30.9 Å². The molecule has 1 aliphatic rings. The van der Waals surface area contributed by atoms with Crippen LogP contribution in [0.15, 0.2) is 42.5 Å². The molecule has 0 aliphatic carbocycles. The summed E-state index contributed by atoms with van der Waals surface area (Å²) >= 11 is 12.1. The van der Waals surface area contributed by atoms with Crippen LogP contribution in [0.25, 0.3) is 0 Å². The van der Waals surface area contributed by atoms with Gasteiger partial charge in [0.05, 0.1) is 0 Å². The summed E-state index contributed by atoms with van der Waals surface area (Å²) in [5, 5.41) is 4.04. The number of hydrogen-bond donors (Lipinski definition) is 1. The fraction of sp³-hybridized carbons (Fsp3) is 0.333. The van der Waals surface area contributed by atoms with Crippen LogP contribution < -0.4 is 5.32 Å². The lowest BCUT2D eigenvalue weighted by Gasteiger charge is -2.49. The number of carbonyl (C=O) groups is 2. The maximum atomic E-state index is 12.7. The molecule has 1 heterocycles. The van der Waals surface area contributed by atoms with E-state index < -0.39 is 5.54 Å². The molecular formula is C21H22Cl2N2O2. The third-order valence-corrected chi connectivity index (χ3v) is 5.73. The molecule has 142 valence electrons. The lowest BCUT2D eigenvalue weighted by molar-refractivity contribution is -0.154. The zero-order valence-corrected chi connectivity index (χ0v) is 16.9. The van der Waals surface area contributed by atoms with Crippen molar-refractivity contribution in [3.05, 3.63) is 63.6 Å². The molecule has 3 rings (SSSR count). The van der Waals surface area contributed by atoms with E-state index in [0.29, 0.717) is 35.9 Å². The van der Waals surface area contributed by atoms with Gasteiger partial charge in [0, 0.05) is 28.7 Å². The third kappa shape index (κ3) is 4.28. The quantitative estimate of drug-likeness (QED) is 0.772. The van der Waals surface area contributed by atoms with Crippen LogP contribution in [-0.2, 0) is 16.0 Å². The summed E-state index contributed by atoms with van der Waals surface area (Å²) in [4.78, 5) is 27.1. The van der Waals surface area contributed by atoms with E-state index in [1.807, 2.05) is 44.2 Å². The molecule has 0 spiro atoms. The maximum Gasteiger partial charge on any atom is 0.250 e. The number of likely N-dealkylation sites (tertiary alicyclic amines) is 1. The second kappa shape index (κ2) is 7.91. The first-order chi connectivity index (χ1) is 12.8. The lowest BCUT2D eigenvalue weighted by atomic mass is 9.84. The van der Waals surface area contributed by atoms with Crippen molar-refractivity contribution < 1.29 is 9.59 Å². The van der Waals surface area contributed by atoms with Crippen molar-refractivity contribution in [2.45, 2.75) is 38.6 Å². The summed E-state index contributed by atoms with van der Waals surface area (Å²) in [6, 6.07) is 12.9. The molecule has 6 heteroatoms. The molecule has 1 unspecified atom stereocenters. The van der Waals surface area contributed by atoms with Crippen molar-refractivity contribution in [3.8, 4) is 0 Å². The average molecular weight is 405 g/mol. The number of anilines is 1. The minimum atomic E-state index is -0.814. The molecule has 0 radical (unpaired) electrons. The first-order valence-electron chi connectivity index (χ1n) is 8.92. The van der Waals surface area contributed by atoms with Crippen LogP contribution in [0, 0.1) is 6.92 Å². The molecule has 1 aliphatic heterocycles. The monoisotopic (exact) mass is 404 g/mol. The highest BCUT2D eigenvalue weighted by Crippen LogP contribution is 2.33. The number of carbonyl (C=O) groups excluding carboxylic acids is 2. The van der Waals surface area contributed by atoms with Gasteiger partial charge in [-0.15, -0.1) is 0 Å². The van der Waals surface area contributed by atoms with Gasteiger partial charge in [-0.1, -0.05) is 47.0 Å². The Morgan fingerprint density at radius 2 is 1.85 bits per heavy atom. The van der Waals surface area contributed by atoms with Crippen LogP contribution in [0.2, 0.25) is 10.0 Å². The van der Waals surface area contributed by atoms with E-state index in [9.17, 15) is 9.59 Å². The van der Waals surface area contributed by atoms with Crippen LogP contribution >= 0.6 is 23.2 Å². The van der Waals surface area contributed by atoms with Crippen molar-refractivity contribution in [3.63, 3.8) is 0 Å². The number of nitrogens with one attached hydrogen (secondary N) is 1. The summed E-state index contributed by atoms with van der Waals surface area (Å²) in [5.41, 5.74) is 1.92. The first kappa shape index (κ1) is 19.7. The van der Waals surface area contributed by atoms with E-state index in [4.69, 9.17) is 23.2 Å². The number of hydrogen-bond acceptors (Lipinski definition) is 2. The van der Waals surface area contributed by atoms with E-state index in [1.165, 1.54) is 0 Å². The van der Waals surface area contributed by atoms with Crippen molar-refractivity contribution in [2.75, 3.05) is 11.9 Å². The van der Waals surface area contributed by atoms with Gasteiger partial charge in [-0.2, -0.15) is 0 Å². The molecule has 27 heavy (non-hydrogen) atoms. The number of rotatable bonds is 5. The highest BCUT2D eigenvalue weighted by molar-refractivity contribution is 6.35. The minimum absolute atomic E-state index is 0.0474. The Kier molecular flexibility index (Phi) is 5.78. The Hall–Kier alpha value is -2.04. The maximum absolute atomic E-state index is 12.7. The van der Waals surface area contributed by atoms with Crippen molar-refractivity contribution in [1.82, 2.24) is 4.90 Å². The van der Waals surface area contributed by atoms with Gasteiger partial charge in [0.15, 0.2) is 0 Å². The molecule has 1 N–H and O–H groups in total. The van der Waals surface area contributed by atoms with Gasteiger partial charge in [-0.05, 0) is 56.5 Å². The summed E-state index contributed by atoms with van der Waals surface area (Å²) in [6.45, 7) is 4.39. The van der Waals surface area contributed by atoms with E-state index in [0.717, 1.165) is 16.8 Å². The molecule has 0 saturated carbocycles. The normalized spacial score (nSPS) is 18.7. The van der Waals surface area contributed by atoms with Gasteiger partial charge >= 0.3 is 0 Å². The Morgan fingerprint density at radius 1 is 1.15 bits per heavy atom. The second-order valence-electron chi connectivity index (χ2n) is 7.13. The average Bonchev–Trinajstić information content (AvgIpc) is 2.61. The van der Waals surface area contributed by atoms with E-state index >= 15 is 0 Å². The van der Waals surface area contributed by atoms with Gasteiger partial charge in [0.25, 0.3) is 0 Å². The fourth-order valence-electron chi connectivity index (χ4n) is 3.20.